The Labute approximate surface area is 238 Å². The van der Waals surface area contributed by atoms with E-state index in [4.69, 9.17) is 9.15 Å². The molecule has 4 heterocycles. The monoisotopic (exact) mass is 573 g/mol. The molecule has 0 bridgehead atoms. The number of nitrogens with one attached hydrogen (secondary N) is 1. The molecule has 0 saturated carbocycles. The molecule has 0 radical (unpaired) electrons. The van der Waals surface area contributed by atoms with E-state index in [-0.39, 0.29) is 45.4 Å². The summed E-state index contributed by atoms with van der Waals surface area (Å²) in [6, 6.07) is 9.03. The van der Waals surface area contributed by atoms with Gasteiger partial charge in [-0.2, -0.15) is 5.10 Å². The molecular weight excluding hydrogens is 544 g/mol. The fourth-order valence-corrected chi connectivity index (χ4v) is 5.34. The van der Waals surface area contributed by atoms with E-state index in [0.717, 1.165) is 6.54 Å². The molecule has 6 rings (SSSR count). The molecule has 0 aliphatic carbocycles. The number of carbonyl (C=O) groups excluding carboxylic acids is 1. The normalized spacial score (nSPS) is 12.0. The van der Waals surface area contributed by atoms with E-state index in [1.54, 1.807) is 42.9 Å². The second-order valence-electron chi connectivity index (χ2n) is 10.8. The van der Waals surface area contributed by atoms with Crippen LogP contribution in [0.15, 0.2) is 64.3 Å². The van der Waals surface area contributed by atoms with Crippen molar-refractivity contribution < 1.29 is 22.7 Å². The number of aromatic amines is 1. The van der Waals surface area contributed by atoms with Crippen molar-refractivity contribution in [1.29, 1.82) is 0 Å². The Kier molecular flexibility index (Phi) is 6.90. The van der Waals surface area contributed by atoms with Gasteiger partial charge in [-0.3, -0.25) is 9.48 Å². The molecule has 216 valence electrons. The minimum Gasteiger partial charge on any atom is -0.463 e. The third-order valence-corrected chi connectivity index (χ3v) is 7.24. The molecule has 11 heteroatoms. The quantitative estimate of drug-likeness (QED) is 0.240. The summed E-state index contributed by atoms with van der Waals surface area (Å²) < 4.78 is 45.7. The van der Waals surface area contributed by atoms with Gasteiger partial charge in [-0.15, -0.1) is 0 Å². The van der Waals surface area contributed by atoms with Gasteiger partial charge >= 0.3 is 5.97 Å². The molecule has 2 aromatic carbocycles. The molecule has 0 aliphatic rings. The Hall–Kier alpha value is -4.77. The van der Waals surface area contributed by atoms with Crippen LogP contribution in [0.1, 0.15) is 29.9 Å². The van der Waals surface area contributed by atoms with Crippen LogP contribution in [0.2, 0.25) is 0 Å². The Bertz CT molecular complexity index is 2030. The molecule has 9 nitrogen and oxygen atoms in total. The van der Waals surface area contributed by atoms with E-state index in [0.29, 0.717) is 22.8 Å². The van der Waals surface area contributed by atoms with Crippen molar-refractivity contribution >= 4 is 38.7 Å². The number of halogens is 2. The molecule has 42 heavy (non-hydrogen) atoms. The number of furan rings is 1. The van der Waals surface area contributed by atoms with Gasteiger partial charge < -0.3 is 23.6 Å². The highest BCUT2D eigenvalue weighted by Crippen LogP contribution is 2.41. The first-order valence-corrected chi connectivity index (χ1v) is 13.5. The average Bonchev–Trinajstić information content (AvgIpc) is 3.64. The van der Waals surface area contributed by atoms with E-state index in [1.165, 1.54) is 35.2 Å². The molecule has 0 amide bonds. The summed E-state index contributed by atoms with van der Waals surface area (Å²) in [5.74, 6) is -1.84. The third-order valence-electron chi connectivity index (χ3n) is 7.24. The van der Waals surface area contributed by atoms with Crippen LogP contribution in [0.4, 0.5) is 8.78 Å². The predicted octanol–water partition coefficient (Wildman–Crippen LogP) is 5.55. The fourth-order valence-electron chi connectivity index (χ4n) is 5.34. The van der Waals surface area contributed by atoms with Crippen LogP contribution >= 0.6 is 0 Å². The third kappa shape index (κ3) is 4.65. The minimum atomic E-state index is -0.738. The fraction of sp³-hybridized carbons (Fsp3) is 0.258. The van der Waals surface area contributed by atoms with E-state index >= 15 is 8.78 Å². The van der Waals surface area contributed by atoms with Crippen LogP contribution in [-0.4, -0.2) is 56.9 Å². The summed E-state index contributed by atoms with van der Waals surface area (Å²) >= 11 is 0. The number of hydrogen-bond acceptors (Lipinski definition) is 6. The minimum absolute atomic E-state index is 0.0140. The Morgan fingerprint density at radius 2 is 1.93 bits per heavy atom. The highest BCUT2D eigenvalue weighted by Gasteiger charge is 2.30. The Morgan fingerprint density at radius 3 is 2.67 bits per heavy atom. The molecule has 4 aromatic heterocycles. The van der Waals surface area contributed by atoms with Crippen LogP contribution in [0.25, 0.3) is 43.9 Å². The lowest BCUT2D eigenvalue weighted by molar-refractivity contribution is 0.0367. The number of carbonyl (C=O) groups is 1. The highest BCUT2D eigenvalue weighted by atomic mass is 19.1. The van der Waals surface area contributed by atoms with Gasteiger partial charge in [0.15, 0.2) is 0 Å². The summed E-state index contributed by atoms with van der Waals surface area (Å²) in [6.45, 7) is 4.55. The highest BCUT2D eigenvalue weighted by molar-refractivity contribution is 6.17. The van der Waals surface area contributed by atoms with E-state index in [1.807, 2.05) is 19.0 Å². The number of esters is 1. The summed E-state index contributed by atoms with van der Waals surface area (Å²) in [5.41, 5.74) is 1.21. The maximum absolute atomic E-state index is 15.8. The van der Waals surface area contributed by atoms with Crippen LogP contribution in [0, 0.1) is 11.6 Å². The lowest BCUT2D eigenvalue weighted by Gasteiger charge is -2.15. The zero-order valence-electron chi connectivity index (χ0n) is 23.6. The number of fused-ring (bicyclic) bond motifs is 4. The smallest absolute Gasteiger partial charge is 0.355 e. The summed E-state index contributed by atoms with van der Waals surface area (Å²) in [7, 11) is 3.90. The van der Waals surface area contributed by atoms with Gasteiger partial charge in [-0.1, -0.05) is 0 Å². The first-order chi connectivity index (χ1) is 20.1. The van der Waals surface area contributed by atoms with Gasteiger partial charge in [0.2, 0.25) is 0 Å². The van der Waals surface area contributed by atoms with Crippen molar-refractivity contribution in [2.45, 2.75) is 33.0 Å². The van der Waals surface area contributed by atoms with E-state index in [9.17, 15) is 9.59 Å². The van der Waals surface area contributed by atoms with Crippen LogP contribution in [-0.2, 0) is 17.8 Å². The lowest BCUT2D eigenvalue weighted by Crippen LogP contribution is -2.19. The van der Waals surface area contributed by atoms with Crippen LogP contribution in [0.3, 0.4) is 0 Å². The molecule has 0 atom stereocenters. The second-order valence-corrected chi connectivity index (χ2v) is 10.8. The number of hydrogen-bond donors (Lipinski definition) is 1. The molecule has 6 aromatic rings. The van der Waals surface area contributed by atoms with Crippen molar-refractivity contribution in [1.82, 2.24) is 24.2 Å². The van der Waals surface area contributed by atoms with Gasteiger partial charge in [-0.05, 0) is 58.3 Å². The molecular formula is C31H29F2N5O4. The zero-order valence-corrected chi connectivity index (χ0v) is 23.6. The SMILES string of the molecule is CC(C)OC(=O)c1c(-c2ccc[nH]c2=O)c2c3occc3c(F)cc2n1Cc1cc2cnn(CCN(C)C)c2cc1F. The molecule has 0 spiro atoms. The van der Waals surface area contributed by atoms with Crippen molar-refractivity contribution in [3.8, 4) is 11.1 Å². The van der Waals surface area contributed by atoms with E-state index in [2.05, 4.69) is 10.1 Å². The van der Waals surface area contributed by atoms with Gasteiger partial charge in [-0.25, -0.2) is 13.6 Å². The molecule has 0 unspecified atom stereocenters. The first kappa shape index (κ1) is 27.4. The Morgan fingerprint density at radius 1 is 1.14 bits per heavy atom. The van der Waals surface area contributed by atoms with Gasteiger partial charge in [0.1, 0.15) is 22.9 Å². The standard InChI is InChI=1S/C31H29F2N5O4/c1-17(2)42-31(40)28-26(21-6-5-8-34-30(21)39)27-25(14-23(33)20-7-11-41-29(20)27)37(28)16-19-12-18-15-35-38(10-9-36(3)4)24(18)13-22(19)32/h5-8,11-15,17H,9-10,16H2,1-4H3,(H,34,39). The first-order valence-electron chi connectivity index (χ1n) is 13.5. The Balaban J connectivity index is 1.62. The number of benzene rings is 2. The number of likely N-dealkylation sites (N-methyl/N-ethyl adjacent to an activating group) is 1. The van der Waals surface area contributed by atoms with E-state index < -0.39 is 29.3 Å². The van der Waals surface area contributed by atoms with Crippen LogP contribution in [0.5, 0.6) is 0 Å². The second kappa shape index (κ2) is 10.6. The predicted molar refractivity (Wildman–Crippen MR) is 156 cm³/mol. The number of aromatic nitrogens is 4. The number of H-pyrrole nitrogens is 1. The largest absolute Gasteiger partial charge is 0.463 e. The number of ether oxygens (including phenoxy) is 1. The molecule has 0 aliphatic heterocycles. The van der Waals surface area contributed by atoms with Gasteiger partial charge in [0, 0.05) is 35.3 Å². The van der Waals surface area contributed by atoms with Crippen molar-refractivity contribution in [2.24, 2.45) is 0 Å². The maximum atomic E-state index is 15.8. The van der Waals surface area contributed by atoms with Gasteiger partial charge in [0.25, 0.3) is 5.56 Å². The van der Waals surface area contributed by atoms with Gasteiger partial charge in [0.05, 0.1) is 59.0 Å². The number of pyridine rings is 1. The van der Waals surface area contributed by atoms with Crippen molar-refractivity contribution in [3.05, 3.63) is 88.3 Å². The van der Waals surface area contributed by atoms with Crippen LogP contribution < -0.4 is 5.56 Å². The summed E-state index contributed by atoms with van der Waals surface area (Å²) in [5, 5.41) is 5.67. The van der Waals surface area contributed by atoms with Crippen molar-refractivity contribution in [2.75, 3.05) is 20.6 Å². The number of rotatable bonds is 8. The summed E-state index contributed by atoms with van der Waals surface area (Å²) in [4.78, 5) is 31.5. The van der Waals surface area contributed by atoms with Crippen molar-refractivity contribution in [3.63, 3.8) is 0 Å². The maximum Gasteiger partial charge on any atom is 0.355 e. The molecule has 1 N–H and O–H groups in total. The molecule has 0 fully saturated rings. The molecule has 0 saturated heterocycles. The zero-order chi connectivity index (χ0) is 29.7. The average molecular weight is 574 g/mol. The summed E-state index contributed by atoms with van der Waals surface area (Å²) in [6.07, 6.45) is 3.99. The number of nitrogens with zero attached hydrogens (tertiary/aromatic N) is 4. The lowest BCUT2D eigenvalue weighted by atomic mass is 10.0. The topological polar surface area (TPSA) is 98.3 Å².